The van der Waals surface area contributed by atoms with Crippen LogP contribution in [-0.2, 0) is 19.6 Å². The van der Waals surface area contributed by atoms with E-state index < -0.39 is 0 Å². The highest BCUT2D eigenvalue weighted by Gasteiger charge is 2.19. The molecule has 94 valence electrons. The van der Waals surface area contributed by atoms with E-state index in [0.717, 1.165) is 36.3 Å². The molecule has 0 saturated carbocycles. The van der Waals surface area contributed by atoms with Crippen LogP contribution in [0.5, 0.6) is 0 Å². The zero-order valence-electron chi connectivity index (χ0n) is 10.4. The Morgan fingerprint density at radius 2 is 1.94 bits per heavy atom. The van der Waals surface area contributed by atoms with E-state index in [9.17, 15) is 0 Å². The molecule has 0 amide bonds. The fraction of sp³-hybridized carbons (Fsp3) is 0.385. The van der Waals surface area contributed by atoms with Crippen molar-refractivity contribution in [2.75, 3.05) is 11.9 Å². The van der Waals surface area contributed by atoms with Crippen molar-refractivity contribution >= 4 is 16.5 Å². The zero-order valence-corrected chi connectivity index (χ0v) is 11.2. The average Bonchev–Trinajstić information content (AvgIpc) is 2.96. The molecule has 3 rings (SSSR count). The van der Waals surface area contributed by atoms with Crippen molar-refractivity contribution in [3.8, 4) is 0 Å². The molecule has 0 radical (unpaired) electrons. The maximum atomic E-state index is 4.23. The standard InChI is InChI=1S/C13H16N4S/c1-2-14-13-16-15-12(18-13)9-17-7-10-5-3-4-6-11(10)8-17/h3-6H,2,7-9H2,1H3,(H,14,16). The second kappa shape index (κ2) is 5.04. The number of aromatic nitrogens is 2. The minimum atomic E-state index is 0.887. The fourth-order valence-electron chi connectivity index (χ4n) is 2.25. The molecule has 1 N–H and O–H groups in total. The Kier molecular flexibility index (Phi) is 3.25. The lowest BCUT2D eigenvalue weighted by Crippen LogP contribution is -2.15. The zero-order chi connectivity index (χ0) is 12.4. The highest BCUT2D eigenvalue weighted by Crippen LogP contribution is 2.25. The van der Waals surface area contributed by atoms with Crippen LogP contribution in [0.2, 0.25) is 0 Å². The van der Waals surface area contributed by atoms with E-state index in [-0.39, 0.29) is 0 Å². The molecule has 0 bridgehead atoms. The van der Waals surface area contributed by atoms with Crippen LogP contribution in [-0.4, -0.2) is 21.6 Å². The van der Waals surface area contributed by atoms with Gasteiger partial charge in [0.2, 0.25) is 5.13 Å². The van der Waals surface area contributed by atoms with Gasteiger partial charge in [0, 0.05) is 19.6 Å². The van der Waals surface area contributed by atoms with Crippen LogP contribution in [0, 0.1) is 0 Å². The van der Waals surface area contributed by atoms with Crippen LogP contribution in [0.25, 0.3) is 0 Å². The van der Waals surface area contributed by atoms with Gasteiger partial charge in [0.1, 0.15) is 5.01 Å². The predicted molar refractivity (Wildman–Crippen MR) is 73.5 cm³/mol. The Balaban J connectivity index is 1.65. The molecule has 2 heterocycles. The number of fused-ring (bicyclic) bond motifs is 1. The summed E-state index contributed by atoms with van der Waals surface area (Å²) in [7, 11) is 0. The molecular weight excluding hydrogens is 244 g/mol. The Hall–Kier alpha value is -1.46. The maximum absolute atomic E-state index is 4.23. The molecule has 0 saturated heterocycles. The lowest BCUT2D eigenvalue weighted by molar-refractivity contribution is 0.274. The van der Waals surface area contributed by atoms with E-state index in [0.29, 0.717) is 0 Å². The molecule has 1 aromatic heterocycles. The van der Waals surface area contributed by atoms with E-state index in [1.807, 2.05) is 0 Å². The quantitative estimate of drug-likeness (QED) is 0.917. The van der Waals surface area contributed by atoms with Crippen LogP contribution in [0.3, 0.4) is 0 Å². The Bertz CT molecular complexity index is 512. The molecule has 2 aromatic rings. The number of benzene rings is 1. The van der Waals surface area contributed by atoms with Crippen molar-refractivity contribution < 1.29 is 0 Å². The van der Waals surface area contributed by atoms with E-state index >= 15 is 0 Å². The van der Waals surface area contributed by atoms with E-state index in [4.69, 9.17) is 0 Å². The molecule has 0 aliphatic carbocycles. The van der Waals surface area contributed by atoms with Crippen molar-refractivity contribution in [3.05, 3.63) is 40.4 Å². The van der Waals surface area contributed by atoms with E-state index in [1.165, 1.54) is 11.1 Å². The summed E-state index contributed by atoms with van der Waals surface area (Å²) >= 11 is 1.65. The largest absolute Gasteiger partial charge is 0.360 e. The minimum absolute atomic E-state index is 0.887. The topological polar surface area (TPSA) is 41.1 Å². The summed E-state index contributed by atoms with van der Waals surface area (Å²) in [6.45, 7) is 5.89. The average molecular weight is 260 g/mol. The number of hydrogen-bond donors (Lipinski definition) is 1. The first-order valence-electron chi connectivity index (χ1n) is 6.20. The van der Waals surface area contributed by atoms with Gasteiger partial charge in [-0.25, -0.2) is 0 Å². The third-order valence-electron chi connectivity index (χ3n) is 3.06. The predicted octanol–water partition coefficient (Wildman–Crippen LogP) is 2.49. The summed E-state index contributed by atoms with van der Waals surface area (Å²) < 4.78 is 0. The SMILES string of the molecule is CCNc1nnc(CN2Cc3ccccc3C2)s1. The fourth-order valence-corrected chi connectivity index (χ4v) is 3.10. The van der Waals surface area contributed by atoms with Crippen molar-refractivity contribution in [1.29, 1.82) is 0 Å². The Labute approximate surface area is 111 Å². The molecule has 5 heteroatoms. The second-order valence-electron chi connectivity index (χ2n) is 4.45. The van der Waals surface area contributed by atoms with Crippen LogP contribution < -0.4 is 5.32 Å². The third-order valence-corrected chi connectivity index (χ3v) is 3.93. The van der Waals surface area contributed by atoms with Gasteiger partial charge in [0.05, 0.1) is 6.54 Å². The summed E-state index contributed by atoms with van der Waals surface area (Å²) in [5.74, 6) is 0. The minimum Gasteiger partial charge on any atom is -0.360 e. The summed E-state index contributed by atoms with van der Waals surface area (Å²) in [5.41, 5.74) is 2.88. The van der Waals surface area contributed by atoms with Gasteiger partial charge in [-0.1, -0.05) is 35.6 Å². The third kappa shape index (κ3) is 2.37. The van der Waals surface area contributed by atoms with Crippen molar-refractivity contribution in [2.24, 2.45) is 0 Å². The van der Waals surface area contributed by atoms with Crippen molar-refractivity contribution in [1.82, 2.24) is 15.1 Å². The molecule has 0 unspecified atom stereocenters. The van der Waals surface area contributed by atoms with Gasteiger partial charge >= 0.3 is 0 Å². The first-order chi connectivity index (χ1) is 8.85. The normalized spacial score (nSPS) is 14.7. The Morgan fingerprint density at radius 3 is 2.61 bits per heavy atom. The summed E-state index contributed by atoms with van der Waals surface area (Å²) in [4.78, 5) is 2.40. The van der Waals surface area contributed by atoms with Crippen molar-refractivity contribution in [3.63, 3.8) is 0 Å². The first kappa shape index (κ1) is 11.6. The van der Waals surface area contributed by atoms with E-state index in [1.54, 1.807) is 11.3 Å². The van der Waals surface area contributed by atoms with Gasteiger partial charge in [-0.2, -0.15) is 0 Å². The molecule has 1 aromatic carbocycles. The molecule has 0 fully saturated rings. The number of nitrogens with one attached hydrogen (secondary N) is 1. The van der Waals surface area contributed by atoms with Gasteiger partial charge in [0.25, 0.3) is 0 Å². The van der Waals surface area contributed by atoms with Gasteiger partial charge in [-0.15, -0.1) is 10.2 Å². The van der Waals surface area contributed by atoms with Crippen LogP contribution in [0.4, 0.5) is 5.13 Å². The summed E-state index contributed by atoms with van der Waals surface area (Å²) in [6, 6.07) is 8.63. The highest BCUT2D eigenvalue weighted by molar-refractivity contribution is 7.15. The molecular formula is C13H16N4S. The lowest BCUT2D eigenvalue weighted by atomic mass is 10.1. The Morgan fingerprint density at radius 1 is 1.22 bits per heavy atom. The molecule has 18 heavy (non-hydrogen) atoms. The van der Waals surface area contributed by atoms with Gasteiger partial charge < -0.3 is 5.32 Å². The molecule has 0 spiro atoms. The summed E-state index contributed by atoms with van der Waals surface area (Å²) in [5, 5.41) is 13.6. The molecule has 0 atom stereocenters. The summed E-state index contributed by atoms with van der Waals surface area (Å²) in [6.07, 6.45) is 0. The van der Waals surface area contributed by atoms with Gasteiger partial charge in [-0.05, 0) is 18.1 Å². The van der Waals surface area contributed by atoms with Crippen molar-refractivity contribution in [2.45, 2.75) is 26.6 Å². The smallest absolute Gasteiger partial charge is 0.205 e. The number of rotatable bonds is 4. The first-order valence-corrected chi connectivity index (χ1v) is 7.02. The van der Waals surface area contributed by atoms with Crippen LogP contribution in [0.15, 0.2) is 24.3 Å². The monoisotopic (exact) mass is 260 g/mol. The number of nitrogens with zero attached hydrogens (tertiary/aromatic N) is 3. The molecule has 4 nitrogen and oxygen atoms in total. The maximum Gasteiger partial charge on any atom is 0.205 e. The molecule has 1 aliphatic rings. The number of hydrogen-bond acceptors (Lipinski definition) is 5. The van der Waals surface area contributed by atoms with E-state index in [2.05, 4.69) is 51.6 Å². The van der Waals surface area contributed by atoms with Gasteiger partial charge in [0.15, 0.2) is 0 Å². The van der Waals surface area contributed by atoms with Crippen LogP contribution in [0.1, 0.15) is 23.1 Å². The van der Waals surface area contributed by atoms with Crippen LogP contribution >= 0.6 is 11.3 Å². The number of anilines is 1. The lowest BCUT2D eigenvalue weighted by Gasteiger charge is -2.11. The highest BCUT2D eigenvalue weighted by atomic mass is 32.1. The molecule has 1 aliphatic heterocycles. The second-order valence-corrected chi connectivity index (χ2v) is 5.51. The van der Waals surface area contributed by atoms with Gasteiger partial charge in [-0.3, -0.25) is 4.90 Å².